The molecular weight excluding hydrogens is 455 g/mol. The molecule has 160 valence electrons. The molecule has 0 radical (unpaired) electrons. The molecule has 1 amide bonds. The van der Waals surface area contributed by atoms with Gasteiger partial charge >= 0.3 is 0 Å². The van der Waals surface area contributed by atoms with Crippen molar-refractivity contribution in [3.05, 3.63) is 62.2 Å². The molecular formula is C22H20Cl2N4O2S. The number of nitrogens with one attached hydrogen (secondary N) is 1. The van der Waals surface area contributed by atoms with Crippen LogP contribution in [0.3, 0.4) is 0 Å². The van der Waals surface area contributed by atoms with Gasteiger partial charge in [0.2, 0.25) is 4.80 Å². The second-order valence-corrected chi connectivity index (χ2v) is 8.98. The predicted octanol–water partition coefficient (Wildman–Crippen LogP) is 5.44. The number of carbonyl (C=O) groups excluding carboxylic acids is 1. The predicted molar refractivity (Wildman–Crippen MR) is 127 cm³/mol. The second-order valence-electron chi connectivity index (χ2n) is 7.30. The summed E-state index contributed by atoms with van der Waals surface area (Å²) in [6.45, 7) is 5.95. The summed E-state index contributed by atoms with van der Waals surface area (Å²) in [6.07, 6.45) is 0. The number of hydrogen-bond donors (Lipinski definition) is 1. The fraction of sp³-hybridized carbons (Fsp3) is 0.227. The molecule has 31 heavy (non-hydrogen) atoms. The van der Waals surface area contributed by atoms with E-state index in [1.807, 2.05) is 50.4 Å². The van der Waals surface area contributed by atoms with Crippen LogP contribution >= 0.6 is 34.5 Å². The Morgan fingerprint density at radius 2 is 2.03 bits per heavy atom. The summed E-state index contributed by atoms with van der Waals surface area (Å²) >= 11 is 13.9. The summed E-state index contributed by atoms with van der Waals surface area (Å²) in [5, 5.41) is 10.8. The van der Waals surface area contributed by atoms with Gasteiger partial charge in [0.15, 0.2) is 6.61 Å². The van der Waals surface area contributed by atoms with Crippen LogP contribution < -0.4 is 14.9 Å². The molecule has 6 nitrogen and oxygen atoms in total. The van der Waals surface area contributed by atoms with Crippen molar-refractivity contribution in [1.82, 2.24) is 4.68 Å². The van der Waals surface area contributed by atoms with Gasteiger partial charge in [-0.05, 0) is 51.1 Å². The number of benzene rings is 2. The molecule has 9 heteroatoms. The van der Waals surface area contributed by atoms with Crippen LogP contribution in [0.15, 0.2) is 51.9 Å². The minimum Gasteiger partial charge on any atom is -0.482 e. The van der Waals surface area contributed by atoms with Gasteiger partial charge in [-0.3, -0.25) is 9.79 Å². The highest BCUT2D eigenvalue weighted by Crippen LogP contribution is 2.33. The molecule has 0 saturated heterocycles. The Morgan fingerprint density at radius 3 is 2.77 bits per heavy atom. The average Bonchev–Trinajstić information content (AvgIpc) is 3.08. The summed E-state index contributed by atoms with van der Waals surface area (Å²) in [6, 6.07) is 11.1. The lowest BCUT2D eigenvalue weighted by Gasteiger charge is -2.18. The summed E-state index contributed by atoms with van der Waals surface area (Å²) in [7, 11) is 0. The molecule has 2 heterocycles. The third-order valence-electron chi connectivity index (χ3n) is 4.53. The van der Waals surface area contributed by atoms with E-state index in [4.69, 9.17) is 38.0 Å². The molecule has 0 saturated carbocycles. The number of anilines is 1. The fourth-order valence-corrected chi connectivity index (χ4v) is 4.64. The first kappa shape index (κ1) is 21.6. The number of carbonyl (C=O) groups is 1. The van der Waals surface area contributed by atoms with E-state index in [2.05, 4.69) is 5.32 Å². The van der Waals surface area contributed by atoms with Gasteiger partial charge in [-0.2, -0.15) is 5.10 Å². The zero-order valence-electron chi connectivity index (χ0n) is 17.1. The van der Waals surface area contributed by atoms with Crippen LogP contribution in [0, 0.1) is 0 Å². The van der Waals surface area contributed by atoms with Crippen LogP contribution in [0.5, 0.6) is 5.75 Å². The van der Waals surface area contributed by atoms with Crippen molar-refractivity contribution in [3.63, 3.8) is 0 Å². The van der Waals surface area contributed by atoms with Crippen LogP contribution in [-0.2, 0) is 4.79 Å². The third-order valence-corrected chi connectivity index (χ3v) is 5.91. The van der Waals surface area contributed by atoms with E-state index in [1.165, 1.54) is 11.3 Å². The molecule has 2 aromatic carbocycles. The lowest BCUT2D eigenvalue weighted by molar-refractivity contribution is -0.118. The summed E-state index contributed by atoms with van der Waals surface area (Å²) in [5.74, 6) is 0.467. The maximum Gasteiger partial charge on any atom is 0.262 e. The van der Waals surface area contributed by atoms with Crippen molar-refractivity contribution in [2.45, 2.75) is 26.8 Å². The lowest BCUT2D eigenvalue weighted by Crippen LogP contribution is -2.25. The monoisotopic (exact) mass is 474 g/mol. The minimum absolute atomic E-state index is 0.0214. The molecule has 0 atom stereocenters. The maximum absolute atomic E-state index is 11.7. The van der Waals surface area contributed by atoms with Crippen molar-refractivity contribution < 1.29 is 9.53 Å². The zero-order valence-corrected chi connectivity index (χ0v) is 19.5. The van der Waals surface area contributed by atoms with E-state index in [1.54, 1.807) is 16.8 Å². The smallest absolute Gasteiger partial charge is 0.262 e. The van der Waals surface area contributed by atoms with Crippen molar-refractivity contribution in [2.75, 3.05) is 11.9 Å². The highest BCUT2D eigenvalue weighted by Gasteiger charge is 2.18. The average molecular weight is 475 g/mol. The Morgan fingerprint density at radius 1 is 1.23 bits per heavy atom. The van der Waals surface area contributed by atoms with E-state index in [0.717, 1.165) is 27.3 Å². The summed E-state index contributed by atoms with van der Waals surface area (Å²) < 4.78 is 7.28. The van der Waals surface area contributed by atoms with Gasteiger partial charge in [0.1, 0.15) is 5.75 Å². The number of amides is 1. The van der Waals surface area contributed by atoms with Crippen LogP contribution in [0.25, 0.3) is 11.3 Å². The number of rotatable bonds is 4. The van der Waals surface area contributed by atoms with Gasteiger partial charge < -0.3 is 10.1 Å². The molecule has 1 aliphatic rings. The van der Waals surface area contributed by atoms with Crippen molar-refractivity contribution >= 4 is 51.8 Å². The van der Waals surface area contributed by atoms with Gasteiger partial charge in [-0.15, -0.1) is 11.3 Å². The first-order chi connectivity index (χ1) is 14.8. The molecule has 0 fully saturated rings. The Balaban J connectivity index is 1.85. The van der Waals surface area contributed by atoms with Gasteiger partial charge in [0, 0.05) is 27.6 Å². The molecule has 1 aliphatic heterocycles. The number of thiazole rings is 1. The summed E-state index contributed by atoms with van der Waals surface area (Å²) in [5.41, 5.74) is 3.87. The first-order valence-corrected chi connectivity index (χ1v) is 11.3. The van der Waals surface area contributed by atoms with Crippen LogP contribution in [0.1, 0.15) is 26.3 Å². The Hall–Kier alpha value is -2.61. The SMILES string of the molecule is CC(=Nn1c(-c2ccc3c(c2)NC(=O)CO3)csc1=NC(C)C)c1ccc(Cl)cc1Cl. The van der Waals surface area contributed by atoms with Gasteiger partial charge in [0.25, 0.3) is 5.91 Å². The van der Waals surface area contributed by atoms with E-state index >= 15 is 0 Å². The second kappa shape index (κ2) is 8.86. The molecule has 0 aliphatic carbocycles. The highest BCUT2D eigenvalue weighted by atomic mass is 35.5. The zero-order chi connectivity index (χ0) is 22.1. The van der Waals surface area contributed by atoms with Gasteiger partial charge in [0.05, 0.1) is 22.1 Å². The largest absolute Gasteiger partial charge is 0.482 e. The number of nitrogens with zero attached hydrogens (tertiary/aromatic N) is 3. The molecule has 1 N–H and O–H groups in total. The summed E-state index contributed by atoms with van der Waals surface area (Å²) in [4.78, 5) is 17.2. The fourth-order valence-electron chi connectivity index (χ4n) is 3.13. The van der Waals surface area contributed by atoms with E-state index in [0.29, 0.717) is 21.5 Å². The Labute approximate surface area is 193 Å². The molecule has 0 bridgehead atoms. The number of ether oxygens (including phenoxy) is 1. The molecule has 1 aromatic heterocycles. The topological polar surface area (TPSA) is 68.0 Å². The van der Waals surface area contributed by atoms with Crippen molar-refractivity contribution in [3.8, 4) is 17.0 Å². The van der Waals surface area contributed by atoms with Crippen molar-refractivity contribution in [2.24, 2.45) is 10.1 Å². The number of aromatic nitrogens is 1. The van der Waals surface area contributed by atoms with Crippen LogP contribution in [-0.4, -0.2) is 28.9 Å². The Bertz CT molecular complexity index is 1260. The standard InChI is InChI=1S/C22H20Cl2N4O2S/c1-12(2)25-22-28(27-13(3)16-6-5-15(23)9-17(16)24)19(11-31-22)14-4-7-20-18(8-14)26-21(29)10-30-20/h4-9,11-12H,10H2,1-3H3,(H,26,29). The minimum atomic E-state index is -0.176. The number of hydrogen-bond acceptors (Lipinski definition) is 5. The van der Waals surface area contributed by atoms with E-state index in [-0.39, 0.29) is 18.6 Å². The van der Waals surface area contributed by atoms with Crippen molar-refractivity contribution in [1.29, 1.82) is 0 Å². The van der Waals surface area contributed by atoms with Gasteiger partial charge in [-0.1, -0.05) is 29.3 Å². The Kier molecular flexibility index (Phi) is 6.18. The maximum atomic E-state index is 11.7. The molecule has 0 unspecified atom stereocenters. The normalized spacial score (nSPS) is 14.5. The quantitative estimate of drug-likeness (QED) is 0.511. The first-order valence-electron chi connectivity index (χ1n) is 9.64. The molecule has 4 rings (SSSR count). The highest BCUT2D eigenvalue weighted by molar-refractivity contribution is 7.07. The van der Waals surface area contributed by atoms with Crippen LogP contribution in [0.4, 0.5) is 5.69 Å². The van der Waals surface area contributed by atoms with E-state index < -0.39 is 0 Å². The van der Waals surface area contributed by atoms with E-state index in [9.17, 15) is 4.79 Å². The molecule has 0 spiro atoms. The van der Waals surface area contributed by atoms with Gasteiger partial charge in [-0.25, -0.2) is 4.68 Å². The number of fused-ring (bicyclic) bond motifs is 1. The van der Waals surface area contributed by atoms with Crippen LogP contribution in [0.2, 0.25) is 10.0 Å². The lowest BCUT2D eigenvalue weighted by atomic mass is 10.1. The molecule has 3 aromatic rings. The third kappa shape index (κ3) is 4.69. The number of halogens is 2.